The second kappa shape index (κ2) is 8.71. The van der Waals surface area contributed by atoms with Gasteiger partial charge in [-0.1, -0.05) is 47.6 Å². The van der Waals surface area contributed by atoms with Gasteiger partial charge in [-0.05, 0) is 12.1 Å². The largest absolute Gasteiger partial charge is 0.378 e. The number of amides is 1. The van der Waals surface area contributed by atoms with Crippen LogP contribution in [0.2, 0.25) is 0 Å². The summed E-state index contributed by atoms with van der Waals surface area (Å²) < 4.78 is 10.7. The normalized spacial score (nSPS) is 13.9. The molecule has 1 aliphatic heterocycles. The van der Waals surface area contributed by atoms with Gasteiger partial charge in [0.05, 0.1) is 18.9 Å². The fourth-order valence-electron chi connectivity index (χ4n) is 3.34. The molecule has 8 heteroatoms. The van der Waals surface area contributed by atoms with E-state index in [1.807, 2.05) is 54.6 Å². The van der Waals surface area contributed by atoms with Crippen molar-refractivity contribution in [2.45, 2.75) is 0 Å². The van der Waals surface area contributed by atoms with E-state index in [1.165, 1.54) is 0 Å². The highest BCUT2D eigenvalue weighted by Crippen LogP contribution is 2.29. The van der Waals surface area contributed by atoms with E-state index in [4.69, 9.17) is 14.2 Å². The summed E-state index contributed by atoms with van der Waals surface area (Å²) in [5.74, 6) is 0.239. The summed E-state index contributed by atoms with van der Waals surface area (Å²) in [5, 5.41) is 9.81. The maximum Gasteiger partial charge on any atom is 0.277 e. The Kier molecular flexibility index (Phi) is 5.47. The van der Waals surface area contributed by atoms with E-state index < -0.39 is 0 Å². The SMILES string of the molecule is O=C(Nc1ccc(-c2csc(N3CCOCC3)n2)cc1)c1cc(-c2ccccc2)on1. The lowest BCUT2D eigenvalue weighted by Gasteiger charge is -2.26. The average molecular weight is 433 g/mol. The first kappa shape index (κ1) is 19.5. The maximum absolute atomic E-state index is 12.5. The van der Waals surface area contributed by atoms with Crippen molar-refractivity contribution < 1.29 is 14.1 Å². The average Bonchev–Trinajstić information content (AvgIpc) is 3.51. The number of carbonyl (C=O) groups is 1. The second-order valence-corrected chi connectivity index (χ2v) is 7.93. The summed E-state index contributed by atoms with van der Waals surface area (Å²) in [4.78, 5) is 19.5. The molecule has 0 spiro atoms. The number of ether oxygens (including phenoxy) is 1. The molecule has 31 heavy (non-hydrogen) atoms. The number of hydrogen-bond donors (Lipinski definition) is 1. The zero-order chi connectivity index (χ0) is 21.0. The molecule has 7 nitrogen and oxygen atoms in total. The number of benzene rings is 2. The molecule has 0 aliphatic carbocycles. The summed E-state index contributed by atoms with van der Waals surface area (Å²) in [6.07, 6.45) is 0. The van der Waals surface area contributed by atoms with Crippen molar-refractivity contribution in [2.24, 2.45) is 0 Å². The number of nitrogens with one attached hydrogen (secondary N) is 1. The van der Waals surface area contributed by atoms with Crippen molar-refractivity contribution in [3.63, 3.8) is 0 Å². The lowest BCUT2D eigenvalue weighted by Crippen LogP contribution is -2.36. The first-order valence-electron chi connectivity index (χ1n) is 9.98. The number of rotatable bonds is 5. The van der Waals surface area contributed by atoms with Crippen LogP contribution >= 0.6 is 11.3 Å². The van der Waals surface area contributed by atoms with E-state index in [-0.39, 0.29) is 11.6 Å². The Bertz CT molecular complexity index is 1170. The Morgan fingerprint density at radius 1 is 1.00 bits per heavy atom. The first-order valence-corrected chi connectivity index (χ1v) is 10.9. The van der Waals surface area contributed by atoms with E-state index in [9.17, 15) is 4.79 Å². The molecule has 4 aromatic rings. The van der Waals surface area contributed by atoms with Crippen LogP contribution in [0.25, 0.3) is 22.6 Å². The fourth-order valence-corrected chi connectivity index (χ4v) is 4.23. The van der Waals surface area contributed by atoms with Gasteiger partial charge in [-0.25, -0.2) is 4.98 Å². The van der Waals surface area contributed by atoms with Gasteiger partial charge in [0.25, 0.3) is 5.91 Å². The van der Waals surface area contributed by atoms with Gasteiger partial charge in [0.15, 0.2) is 16.6 Å². The highest BCUT2D eigenvalue weighted by atomic mass is 32.1. The van der Waals surface area contributed by atoms with Gasteiger partial charge in [0, 0.05) is 41.4 Å². The van der Waals surface area contributed by atoms with Gasteiger partial charge in [0.1, 0.15) is 0 Å². The van der Waals surface area contributed by atoms with Crippen LogP contribution in [-0.4, -0.2) is 42.4 Å². The van der Waals surface area contributed by atoms with E-state index in [0.717, 1.165) is 48.3 Å². The predicted molar refractivity (Wildman–Crippen MR) is 120 cm³/mol. The summed E-state index contributed by atoms with van der Waals surface area (Å²) in [6.45, 7) is 3.21. The monoisotopic (exact) mass is 432 g/mol. The molecule has 0 bridgehead atoms. The van der Waals surface area contributed by atoms with Gasteiger partial charge in [0.2, 0.25) is 0 Å². The van der Waals surface area contributed by atoms with Crippen LogP contribution in [0.4, 0.5) is 10.8 Å². The number of anilines is 2. The van der Waals surface area contributed by atoms with Crippen LogP contribution in [0, 0.1) is 0 Å². The van der Waals surface area contributed by atoms with Crippen LogP contribution in [0.1, 0.15) is 10.5 Å². The van der Waals surface area contributed by atoms with E-state index >= 15 is 0 Å². The van der Waals surface area contributed by atoms with Crippen LogP contribution in [0.5, 0.6) is 0 Å². The van der Waals surface area contributed by atoms with E-state index in [1.54, 1.807) is 17.4 Å². The predicted octanol–water partition coefficient (Wildman–Crippen LogP) is 4.55. The van der Waals surface area contributed by atoms with Crippen molar-refractivity contribution in [2.75, 3.05) is 36.5 Å². The van der Waals surface area contributed by atoms with Crippen LogP contribution in [-0.2, 0) is 4.74 Å². The minimum atomic E-state index is -0.318. The molecule has 1 fully saturated rings. The minimum Gasteiger partial charge on any atom is -0.378 e. The molecule has 156 valence electrons. The second-order valence-electron chi connectivity index (χ2n) is 7.09. The van der Waals surface area contributed by atoms with Crippen molar-refractivity contribution in [1.29, 1.82) is 0 Å². The lowest BCUT2D eigenvalue weighted by molar-refractivity contribution is 0.101. The van der Waals surface area contributed by atoms with Crippen LogP contribution < -0.4 is 10.2 Å². The fraction of sp³-hybridized carbons (Fsp3) is 0.174. The van der Waals surface area contributed by atoms with Crippen LogP contribution in [0.3, 0.4) is 0 Å². The Balaban J connectivity index is 1.25. The standard InChI is InChI=1S/C23H20N4O3S/c28-22(19-14-21(30-26-19)17-4-2-1-3-5-17)24-18-8-6-16(7-9-18)20-15-31-23(25-20)27-10-12-29-13-11-27/h1-9,14-15H,10-13H2,(H,24,28). The van der Waals surface area contributed by atoms with Gasteiger partial charge < -0.3 is 19.5 Å². The van der Waals surface area contributed by atoms with Gasteiger partial charge >= 0.3 is 0 Å². The maximum atomic E-state index is 12.5. The zero-order valence-electron chi connectivity index (χ0n) is 16.7. The Hall–Kier alpha value is -3.49. The molecule has 5 rings (SSSR count). The third-order valence-corrected chi connectivity index (χ3v) is 5.91. The van der Waals surface area contributed by atoms with Crippen LogP contribution in [0.15, 0.2) is 70.6 Å². The highest BCUT2D eigenvalue weighted by Gasteiger charge is 2.16. The molecule has 0 radical (unpaired) electrons. The van der Waals surface area contributed by atoms with Crippen molar-refractivity contribution >= 4 is 28.1 Å². The van der Waals surface area contributed by atoms with E-state index in [2.05, 4.69) is 20.8 Å². The van der Waals surface area contributed by atoms with Crippen molar-refractivity contribution in [3.05, 3.63) is 71.7 Å². The molecule has 1 N–H and O–H groups in total. The third kappa shape index (κ3) is 4.35. The highest BCUT2D eigenvalue weighted by molar-refractivity contribution is 7.14. The molecular weight excluding hydrogens is 412 g/mol. The molecule has 0 unspecified atom stereocenters. The third-order valence-electron chi connectivity index (χ3n) is 5.01. The van der Waals surface area contributed by atoms with Gasteiger partial charge in [-0.3, -0.25) is 4.79 Å². The molecule has 1 saturated heterocycles. The molecule has 2 aromatic carbocycles. The topological polar surface area (TPSA) is 80.5 Å². The molecule has 3 heterocycles. The first-order chi connectivity index (χ1) is 15.3. The summed E-state index contributed by atoms with van der Waals surface area (Å²) in [6, 6.07) is 18.8. The number of aromatic nitrogens is 2. The minimum absolute atomic E-state index is 0.234. The number of nitrogens with zero attached hydrogens (tertiary/aromatic N) is 3. The number of morpholine rings is 1. The summed E-state index contributed by atoms with van der Waals surface area (Å²) in [5.41, 5.74) is 3.72. The molecular formula is C23H20N4O3S. The Morgan fingerprint density at radius 2 is 1.77 bits per heavy atom. The smallest absolute Gasteiger partial charge is 0.277 e. The van der Waals surface area contributed by atoms with Crippen molar-refractivity contribution in [3.8, 4) is 22.6 Å². The molecule has 2 aromatic heterocycles. The molecule has 1 amide bonds. The van der Waals surface area contributed by atoms with Crippen molar-refractivity contribution in [1.82, 2.24) is 10.1 Å². The Labute approximate surface area is 183 Å². The quantitative estimate of drug-likeness (QED) is 0.498. The molecule has 1 aliphatic rings. The Morgan fingerprint density at radius 3 is 2.55 bits per heavy atom. The summed E-state index contributed by atoms with van der Waals surface area (Å²) in [7, 11) is 0. The molecule has 0 saturated carbocycles. The number of carbonyl (C=O) groups excluding carboxylic acids is 1. The summed E-state index contributed by atoms with van der Waals surface area (Å²) >= 11 is 1.63. The molecule has 0 atom stereocenters. The van der Waals surface area contributed by atoms with E-state index in [0.29, 0.717) is 11.4 Å². The van der Waals surface area contributed by atoms with Gasteiger partial charge in [-0.15, -0.1) is 11.3 Å². The lowest BCUT2D eigenvalue weighted by atomic mass is 10.1. The zero-order valence-corrected chi connectivity index (χ0v) is 17.5. The van der Waals surface area contributed by atoms with Gasteiger partial charge in [-0.2, -0.15) is 0 Å². The number of hydrogen-bond acceptors (Lipinski definition) is 7. The number of thiazole rings is 1.